The van der Waals surface area contributed by atoms with Crippen LogP contribution in [0.2, 0.25) is 0 Å². The first kappa shape index (κ1) is 15.4. The molecule has 0 spiro atoms. The Bertz CT molecular complexity index is 929. The third-order valence-electron chi connectivity index (χ3n) is 3.61. The molecule has 2 aromatic heterocycles. The molecule has 0 aliphatic carbocycles. The number of hydrogen-bond donors (Lipinski definition) is 3. The average molecular weight is 328 g/mol. The summed E-state index contributed by atoms with van der Waals surface area (Å²) in [7, 11) is 1.69. The van der Waals surface area contributed by atoms with E-state index in [1.165, 1.54) is 4.57 Å². The number of carbonyl (C=O) groups is 1. The summed E-state index contributed by atoms with van der Waals surface area (Å²) in [5, 5.41) is 2.79. The van der Waals surface area contributed by atoms with Crippen molar-refractivity contribution in [3.63, 3.8) is 0 Å². The molecule has 7 heteroatoms. The van der Waals surface area contributed by atoms with Crippen LogP contribution in [-0.4, -0.2) is 32.7 Å². The lowest BCUT2D eigenvalue weighted by Crippen LogP contribution is -2.25. The van der Waals surface area contributed by atoms with Crippen molar-refractivity contribution in [1.82, 2.24) is 19.9 Å². The van der Waals surface area contributed by atoms with Gasteiger partial charge in [0.25, 0.3) is 5.91 Å². The summed E-state index contributed by atoms with van der Waals surface area (Å²) >= 11 is 4.08. The van der Waals surface area contributed by atoms with E-state index in [4.69, 9.17) is 0 Å². The van der Waals surface area contributed by atoms with Gasteiger partial charge in [0.2, 0.25) is 0 Å². The van der Waals surface area contributed by atoms with E-state index in [2.05, 4.69) is 27.9 Å². The zero-order valence-corrected chi connectivity index (χ0v) is 13.4. The second-order valence-electron chi connectivity index (χ2n) is 5.14. The van der Waals surface area contributed by atoms with Gasteiger partial charge in [0.1, 0.15) is 0 Å². The predicted molar refractivity (Wildman–Crippen MR) is 93.0 cm³/mol. The van der Waals surface area contributed by atoms with Crippen molar-refractivity contribution in [2.75, 3.05) is 12.3 Å². The zero-order valence-electron chi connectivity index (χ0n) is 12.5. The quantitative estimate of drug-likeness (QED) is 0.636. The van der Waals surface area contributed by atoms with Crippen LogP contribution in [-0.2, 0) is 7.05 Å². The molecule has 1 aromatic carbocycles. The molecule has 3 rings (SSSR count). The Morgan fingerprint density at radius 1 is 1.35 bits per heavy atom. The topological polar surface area (TPSA) is 79.8 Å². The Labute approximate surface area is 138 Å². The molecule has 0 aliphatic rings. The Morgan fingerprint density at radius 2 is 2.17 bits per heavy atom. The average Bonchev–Trinajstić information content (AvgIpc) is 2.87. The molecule has 0 saturated carbocycles. The molecule has 2 heterocycles. The number of nitrogens with one attached hydrogen (secondary N) is 2. The number of pyridine rings is 1. The normalized spacial score (nSPS) is 10.9. The van der Waals surface area contributed by atoms with Crippen LogP contribution in [0.5, 0.6) is 0 Å². The van der Waals surface area contributed by atoms with E-state index in [0.29, 0.717) is 23.5 Å². The van der Waals surface area contributed by atoms with E-state index >= 15 is 0 Å². The number of H-pyrrole nitrogens is 1. The van der Waals surface area contributed by atoms with Crippen LogP contribution in [0.15, 0.2) is 41.3 Å². The number of thiol groups is 1. The molecule has 6 nitrogen and oxygen atoms in total. The lowest BCUT2D eigenvalue weighted by molar-refractivity contribution is 0.0956. The minimum atomic E-state index is -0.204. The third-order valence-corrected chi connectivity index (χ3v) is 3.84. The lowest BCUT2D eigenvalue weighted by atomic mass is 10.0. The van der Waals surface area contributed by atoms with Crippen molar-refractivity contribution in [2.45, 2.75) is 0 Å². The van der Waals surface area contributed by atoms with Crippen LogP contribution in [0.25, 0.3) is 22.3 Å². The molecule has 0 atom stereocenters. The summed E-state index contributed by atoms with van der Waals surface area (Å²) in [6.45, 7) is 0.519. The summed E-state index contributed by atoms with van der Waals surface area (Å²) in [6, 6.07) is 9.18. The summed E-state index contributed by atoms with van der Waals surface area (Å²) in [6.07, 6.45) is 1.68. The fraction of sp³-hybridized carbons (Fsp3) is 0.188. The molecule has 3 aromatic rings. The molecule has 2 N–H and O–H groups in total. The second-order valence-corrected chi connectivity index (χ2v) is 5.59. The number of amides is 1. The summed E-state index contributed by atoms with van der Waals surface area (Å²) in [5.74, 6) is 0.456. The van der Waals surface area contributed by atoms with Gasteiger partial charge in [-0.2, -0.15) is 12.6 Å². The highest BCUT2D eigenvalue weighted by atomic mass is 32.1. The third kappa shape index (κ3) is 3.00. The molecule has 0 aliphatic heterocycles. The van der Waals surface area contributed by atoms with Crippen LogP contribution in [0.4, 0.5) is 0 Å². The molecule has 0 fully saturated rings. The number of benzene rings is 1. The van der Waals surface area contributed by atoms with E-state index < -0.39 is 0 Å². The number of rotatable bonds is 4. The monoisotopic (exact) mass is 328 g/mol. The maximum atomic E-state index is 12.0. The van der Waals surface area contributed by atoms with Gasteiger partial charge in [0.15, 0.2) is 5.65 Å². The number of carbonyl (C=O) groups excluding carboxylic acids is 1. The van der Waals surface area contributed by atoms with E-state index in [9.17, 15) is 9.59 Å². The van der Waals surface area contributed by atoms with Crippen LogP contribution in [0.3, 0.4) is 0 Å². The first-order valence-corrected chi connectivity index (χ1v) is 7.77. The Hall–Kier alpha value is -2.54. The predicted octanol–water partition coefficient (Wildman–Crippen LogP) is 1.59. The largest absolute Gasteiger partial charge is 0.351 e. The second kappa shape index (κ2) is 6.29. The van der Waals surface area contributed by atoms with Gasteiger partial charge in [-0.25, -0.2) is 9.78 Å². The van der Waals surface area contributed by atoms with E-state index in [0.717, 1.165) is 16.6 Å². The van der Waals surface area contributed by atoms with Crippen LogP contribution in [0.1, 0.15) is 10.4 Å². The number of fused-ring (bicyclic) bond motifs is 1. The van der Waals surface area contributed by atoms with Gasteiger partial charge in [0.05, 0.1) is 5.52 Å². The number of aromatic nitrogens is 3. The zero-order chi connectivity index (χ0) is 16.4. The highest BCUT2D eigenvalue weighted by molar-refractivity contribution is 7.80. The Morgan fingerprint density at radius 3 is 2.96 bits per heavy atom. The van der Waals surface area contributed by atoms with Crippen molar-refractivity contribution in [3.8, 4) is 11.1 Å². The Balaban J connectivity index is 2.00. The molecular weight excluding hydrogens is 312 g/mol. The van der Waals surface area contributed by atoms with Gasteiger partial charge in [0, 0.05) is 36.7 Å². The van der Waals surface area contributed by atoms with Crippen LogP contribution < -0.4 is 11.0 Å². The molecule has 0 bridgehead atoms. The number of aryl methyl sites for hydroxylation is 1. The lowest BCUT2D eigenvalue weighted by Gasteiger charge is -2.06. The van der Waals surface area contributed by atoms with Gasteiger partial charge in [-0.3, -0.25) is 14.3 Å². The number of aromatic amines is 1. The van der Waals surface area contributed by atoms with Gasteiger partial charge >= 0.3 is 5.69 Å². The molecule has 118 valence electrons. The summed E-state index contributed by atoms with van der Waals surface area (Å²) in [5.41, 5.74) is 3.35. The van der Waals surface area contributed by atoms with Gasteiger partial charge in [-0.1, -0.05) is 12.1 Å². The first-order valence-electron chi connectivity index (χ1n) is 7.14. The molecule has 1 amide bonds. The minimum Gasteiger partial charge on any atom is -0.351 e. The van der Waals surface area contributed by atoms with Crippen molar-refractivity contribution in [2.24, 2.45) is 7.05 Å². The number of hydrogen-bond acceptors (Lipinski definition) is 4. The molecular formula is C16H16N4O2S. The number of nitrogens with zero attached hydrogens (tertiary/aromatic N) is 2. The van der Waals surface area contributed by atoms with Gasteiger partial charge < -0.3 is 5.32 Å². The maximum Gasteiger partial charge on any atom is 0.327 e. The first-order chi connectivity index (χ1) is 11.1. The fourth-order valence-corrected chi connectivity index (χ4v) is 2.48. The standard InChI is InChI=1S/C16H16N4O2S/c1-20-13-8-12(9-18-14(13)19-16(20)22)10-3-2-4-11(7-10)15(21)17-5-6-23/h2-4,7-9,23H,5-6H2,1H3,(H,17,21)(H,18,19,22). The van der Waals surface area contributed by atoms with Crippen LogP contribution in [0, 0.1) is 0 Å². The number of imidazole rings is 1. The van der Waals surface area contributed by atoms with Crippen molar-refractivity contribution in [1.29, 1.82) is 0 Å². The van der Waals surface area contributed by atoms with E-state index in [1.54, 1.807) is 19.3 Å². The van der Waals surface area contributed by atoms with Crippen LogP contribution >= 0.6 is 12.6 Å². The van der Waals surface area contributed by atoms with E-state index in [-0.39, 0.29) is 11.6 Å². The maximum absolute atomic E-state index is 12.0. The van der Waals surface area contributed by atoms with E-state index in [1.807, 2.05) is 24.3 Å². The van der Waals surface area contributed by atoms with Crippen molar-refractivity contribution < 1.29 is 4.79 Å². The molecule has 0 saturated heterocycles. The summed E-state index contributed by atoms with van der Waals surface area (Å²) in [4.78, 5) is 30.6. The minimum absolute atomic E-state index is 0.135. The highest BCUT2D eigenvalue weighted by Crippen LogP contribution is 2.22. The smallest absolute Gasteiger partial charge is 0.327 e. The van der Waals surface area contributed by atoms with Crippen molar-refractivity contribution in [3.05, 3.63) is 52.6 Å². The fourth-order valence-electron chi connectivity index (χ4n) is 2.37. The molecule has 0 radical (unpaired) electrons. The van der Waals surface area contributed by atoms with Gasteiger partial charge in [-0.15, -0.1) is 0 Å². The Kier molecular flexibility index (Phi) is 4.20. The molecule has 0 unspecified atom stereocenters. The molecule has 23 heavy (non-hydrogen) atoms. The van der Waals surface area contributed by atoms with Gasteiger partial charge in [-0.05, 0) is 23.8 Å². The summed E-state index contributed by atoms with van der Waals surface area (Å²) < 4.78 is 1.51. The highest BCUT2D eigenvalue weighted by Gasteiger charge is 2.09. The van der Waals surface area contributed by atoms with Crippen molar-refractivity contribution >= 4 is 29.7 Å². The SMILES string of the molecule is Cn1c(=O)[nH]c2ncc(-c3cccc(C(=O)NCCS)c3)cc21.